The minimum Gasteiger partial charge on any atom is -0.426 e. The second kappa shape index (κ2) is 12.8. The molecule has 0 fully saturated rings. The zero-order valence-electron chi connectivity index (χ0n) is 21.3. The molecule has 204 valence electrons. The van der Waals surface area contributed by atoms with E-state index in [0.717, 1.165) is 15.6 Å². The third-order valence-corrected chi connectivity index (χ3v) is 7.80. The number of hydrazone groups is 1. The molecule has 0 spiro atoms. The molecule has 0 aliphatic heterocycles. The predicted molar refractivity (Wildman–Crippen MR) is 164 cm³/mol. The van der Waals surface area contributed by atoms with Crippen molar-refractivity contribution in [3.05, 3.63) is 129 Å². The number of amides is 2. The van der Waals surface area contributed by atoms with Gasteiger partial charge in [0.05, 0.1) is 17.7 Å². The summed E-state index contributed by atoms with van der Waals surface area (Å²) in [5.74, 6) is -0.903. The van der Waals surface area contributed by atoms with E-state index < -0.39 is 11.9 Å². The Labute approximate surface area is 249 Å². The number of nitrogens with zero attached hydrogens (tertiary/aromatic N) is 1. The van der Waals surface area contributed by atoms with E-state index in [-0.39, 0.29) is 12.3 Å². The van der Waals surface area contributed by atoms with E-state index in [0.29, 0.717) is 37.5 Å². The minimum absolute atomic E-state index is 0.130. The van der Waals surface area contributed by atoms with Gasteiger partial charge < -0.3 is 10.1 Å². The molecule has 0 aliphatic rings. The van der Waals surface area contributed by atoms with Gasteiger partial charge in [0.25, 0.3) is 11.8 Å². The summed E-state index contributed by atoms with van der Waals surface area (Å²) in [6, 6.07) is 27.8. The van der Waals surface area contributed by atoms with Gasteiger partial charge in [0.2, 0.25) is 0 Å². The standard InChI is InChI=1S/C31H21Cl2N3O4S/c32-22-12-15-24-26(17-22)41-29(28(24)33)31(39)35-23-13-10-20(11-14-23)30(38)36-34-18-21-8-4-5-9-25(21)40-27(37)16-19-6-2-1-3-7-19/h1-15,17-18H,16H2,(H,35,39)(H,36,38)/b34-18-. The van der Waals surface area contributed by atoms with Crippen LogP contribution in [0.2, 0.25) is 10.0 Å². The van der Waals surface area contributed by atoms with Crippen LogP contribution in [-0.2, 0) is 11.2 Å². The highest BCUT2D eigenvalue weighted by Gasteiger charge is 2.18. The molecule has 5 rings (SSSR count). The van der Waals surface area contributed by atoms with Crippen molar-refractivity contribution < 1.29 is 19.1 Å². The van der Waals surface area contributed by atoms with E-state index >= 15 is 0 Å². The first-order valence-electron chi connectivity index (χ1n) is 12.3. The fraction of sp³-hybridized carbons (Fsp3) is 0.0323. The lowest BCUT2D eigenvalue weighted by atomic mass is 10.1. The van der Waals surface area contributed by atoms with Gasteiger partial charge in [0.15, 0.2) is 0 Å². The second-order valence-corrected chi connectivity index (χ2v) is 10.7. The van der Waals surface area contributed by atoms with E-state index in [1.54, 1.807) is 66.7 Å². The Hall–Kier alpha value is -4.50. The molecule has 41 heavy (non-hydrogen) atoms. The molecule has 0 bridgehead atoms. The lowest BCUT2D eigenvalue weighted by molar-refractivity contribution is -0.133. The highest BCUT2D eigenvalue weighted by Crippen LogP contribution is 2.37. The number of hydrogen-bond donors (Lipinski definition) is 2. The Morgan fingerprint density at radius 3 is 2.37 bits per heavy atom. The molecule has 1 heterocycles. The lowest BCUT2D eigenvalue weighted by Gasteiger charge is -2.07. The number of benzene rings is 4. The molecular formula is C31H21Cl2N3O4S. The smallest absolute Gasteiger partial charge is 0.315 e. The van der Waals surface area contributed by atoms with Gasteiger partial charge in [-0.2, -0.15) is 5.10 Å². The predicted octanol–water partition coefficient (Wildman–Crippen LogP) is 7.37. The van der Waals surface area contributed by atoms with E-state index in [1.165, 1.54) is 17.6 Å². The summed E-state index contributed by atoms with van der Waals surface area (Å²) in [6.45, 7) is 0. The fourth-order valence-corrected chi connectivity index (χ4v) is 5.59. The van der Waals surface area contributed by atoms with Gasteiger partial charge in [-0.15, -0.1) is 11.3 Å². The third-order valence-electron chi connectivity index (χ3n) is 5.91. The SMILES string of the molecule is O=C(Cc1ccccc1)Oc1ccccc1/C=N\NC(=O)c1ccc(NC(=O)c2sc3cc(Cl)ccc3c2Cl)cc1. The van der Waals surface area contributed by atoms with Crippen molar-refractivity contribution in [1.82, 2.24) is 5.43 Å². The number of carbonyl (C=O) groups is 3. The molecule has 2 amide bonds. The maximum absolute atomic E-state index is 12.8. The number of ether oxygens (including phenoxy) is 1. The average Bonchev–Trinajstić information content (AvgIpc) is 3.30. The number of carbonyl (C=O) groups excluding carboxylic acids is 3. The molecule has 0 saturated heterocycles. The number of halogens is 2. The van der Waals surface area contributed by atoms with Crippen LogP contribution in [0.3, 0.4) is 0 Å². The summed E-state index contributed by atoms with van der Waals surface area (Å²) in [5, 5.41) is 8.48. The van der Waals surface area contributed by atoms with Crippen LogP contribution in [-0.4, -0.2) is 24.0 Å². The largest absolute Gasteiger partial charge is 0.426 e. The van der Waals surface area contributed by atoms with Gasteiger partial charge in [-0.25, -0.2) is 5.43 Å². The molecule has 0 saturated carbocycles. The molecule has 10 heteroatoms. The van der Waals surface area contributed by atoms with Crippen LogP contribution in [0.15, 0.2) is 102 Å². The maximum atomic E-state index is 12.8. The van der Waals surface area contributed by atoms with Gasteiger partial charge in [0, 0.05) is 31.9 Å². The summed E-state index contributed by atoms with van der Waals surface area (Å²) < 4.78 is 6.32. The van der Waals surface area contributed by atoms with E-state index in [1.807, 2.05) is 30.3 Å². The van der Waals surface area contributed by atoms with E-state index in [4.69, 9.17) is 27.9 Å². The summed E-state index contributed by atoms with van der Waals surface area (Å²) >= 11 is 13.7. The minimum atomic E-state index is -0.456. The Balaban J connectivity index is 1.18. The van der Waals surface area contributed by atoms with E-state index in [2.05, 4.69) is 15.8 Å². The molecule has 0 aliphatic carbocycles. The maximum Gasteiger partial charge on any atom is 0.315 e. The van der Waals surface area contributed by atoms with Gasteiger partial charge in [0.1, 0.15) is 10.6 Å². The van der Waals surface area contributed by atoms with Crippen LogP contribution < -0.4 is 15.5 Å². The molecule has 5 aromatic rings. The Bertz CT molecular complexity index is 1770. The van der Waals surface area contributed by atoms with Crippen LogP contribution in [0.1, 0.15) is 31.2 Å². The summed E-state index contributed by atoms with van der Waals surface area (Å²) in [5.41, 5.74) is 4.65. The van der Waals surface area contributed by atoms with Crippen LogP contribution in [0.4, 0.5) is 5.69 Å². The van der Waals surface area contributed by atoms with Crippen LogP contribution in [0, 0.1) is 0 Å². The number of nitrogens with one attached hydrogen (secondary N) is 2. The molecule has 2 N–H and O–H groups in total. The first-order chi connectivity index (χ1) is 19.9. The molecule has 0 radical (unpaired) electrons. The third kappa shape index (κ3) is 6.99. The molecule has 0 unspecified atom stereocenters. The summed E-state index contributed by atoms with van der Waals surface area (Å²) in [7, 11) is 0. The van der Waals surface area contributed by atoms with Crippen molar-refractivity contribution in [2.45, 2.75) is 6.42 Å². The van der Waals surface area contributed by atoms with Crippen molar-refractivity contribution in [2.24, 2.45) is 5.10 Å². The molecular weight excluding hydrogens is 581 g/mol. The van der Waals surface area contributed by atoms with Gasteiger partial charge in [-0.1, -0.05) is 71.7 Å². The van der Waals surface area contributed by atoms with Crippen molar-refractivity contribution in [3.8, 4) is 5.75 Å². The molecule has 1 aromatic heterocycles. The quantitative estimate of drug-likeness (QED) is 0.0839. The number of esters is 1. The van der Waals surface area contributed by atoms with Crippen molar-refractivity contribution >= 4 is 74.3 Å². The highest BCUT2D eigenvalue weighted by molar-refractivity contribution is 7.21. The van der Waals surface area contributed by atoms with Crippen LogP contribution in [0.25, 0.3) is 10.1 Å². The number of hydrogen-bond acceptors (Lipinski definition) is 6. The van der Waals surface area contributed by atoms with Crippen LogP contribution >= 0.6 is 34.5 Å². The Kier molecular flexibility index (Phi) is 8.74. The monoisotopic (exact) mass is 601 g/mol. The normalized spacial score (nSPS) is 11.0. The average molecular weight is 602 g/mol. The molecule has 7 nitrogen and oxygen atoms in total. The first kappa shape index (κ1) is 28.0. The summed E-state index contributed by atoms with van der Waals surface area (Å²) in [6.07, 6.45) is 1.53. The number of para-hydroxylation sites is 1. The highest BCUT2D eigenvalue weighted by atomic mass is 35.5. The molecule has 4 aromatic carbocycles. The van der Waals surface area contributed by atoms with Crippen molar-refractivity contribution in [2.75, 3.05) is 5.32 Å². The Morgan fingerprint density at radius 2 is 1.59 bits per heavy atom. The first-order valence-corrected chi connectivity index (χ1v) is 13.9. The number of fused-ring (bicyclic) bond motifs is 1. The number of rotatable bonds is 8. The zero-order valence-corrected chi connectivity index (χ0v) is 23.6. The van der Waals surface area contributed by atoms with Crippen LogP contribution in [0.5, 0.6) is 5.75 Å². The van der Waals surface area contributed by atoms with Gasteiger partial charge in [-0.05, 0) is 54.1 Å². The van der Waals surface area contributed by atoms with Gasteiger partial charge >= 0.3 is 5.97 Å². The van der Waals surface area contributed by atoms with E-state index in [9.17, 15) is 14.4 Å². The van der Waals surface area contributed by atoms with Crippen molar-refractivity contribution in [3.63, 3.8) is 0 Å². The molecule has 0 atom stereocenters. The van der Waals surface area contributed by atoms with Gasteiger partial charge in [-0.3, -0.25) is 14.4 Å². The topological polar surface area (TPSA) is 96.9 Å². The number of thiophene rings is 1. The lowest BCUT2D eigenvalue weighted by Crippen LogP contribution is -2.18. The zero-order chi connectivity index (χ0) is 28.8. The number of anilines is 1. The second-order valence-electron chi connectivity index (χ2n) is 8.79. The Morgan fingerprint density at radius 1 is 0.854 bits per heavy atom. The summed E-state index contributed by atoms with van der Waals surface area (Å²) in [4.78, 5) is 38.2. The fourth-order valence-electron chi connectivity index (χ4n) is 3.90. The van der Waals surface area contributed by atoms with Crippen molar-refractivity contribution in [1.29, 1.82) is 0 Å².